The average molecular weight is 345 g/mol. The molecule has 0 unspecified atom stereocenters. The molecule has 4 aromatic carbocycles. The minimum absolute atomic E-state index is 0.524. The van der Waals surface area contributed by atoms with Gasteiger partial charge < -0.3 is 0 Å². The summed E-state index contributed by atoms with van der Waals surface area (Å²) in [6.07, 6.45) is 0. The van der Waals surface area contributed by atoms with Crippen molar-refractivity contribution in [2.45, 2.75) is 5.54 Å². The van der Waals surface area contributed by atoms with Gasteiger partial charge in [-0.15, -0.1) is 0 Å². The molecular weight excluding hydrogens is 326 g/mol. The molecular formula is C26H19N. The van der Waals surface area contributed by atoms with Gasteiger partial charge in [0.25, 0.3) is 0 Å². The van der Waals surface area contributed by atoms with E-state index in [9.17, 15) is 0 Å². The summed E-state index contributed by atoms with van der Waals surface area (Å²) >= 11 is 0. The van der Waals surface area contributed by atoms with E-state index in [-0.39, 0.29) is 0 Å². The van der Waals surface area contributed by atoms with Crippen LogP contribution in [0.25, 0.3) is 0 Å². The van der Waals surface area contributed by atoms with Gasteiger partial charge in [0.05, 0.1) is 5.71 Å². The van der Waals surface area contributed by atoms with E-state index in [1.54, 1.807) is 0 Å². The summed E-state index contributed by atoms with van der Waals surface area (Å²) in [5.41, 5.74) is 6.50. The van der Waals surface area contributed by atoms with E-state index in [1.165, 1.54) is 22.3 Å². The topological polar surface area (TPSA) is 12.4 Å². The minimum atomic E-state index is -0.524. The molecule has 0 radical (unpaired) electrons. The van der Waals surface area contributed by atoms with Crippen molar-refractivity contribution in [1.82, 2.24) is 0 Å². The first kappa shape index (κ1) is 15.8. The Morgan fingerprint density at radius 3 is 1.56 bits per heavy atom. The molecule has 0 saturated carbocycles. The second kappa shape index (κ2) is 6.37. The highest BCUT2D eigenvalue weighted by Gasteiger charge is 2.43. The molecule has 0 bridgehead atoms. The Balaban J connectivity index is 1.87. The molecule has 0 fully saturated rings. The zero-order valence-electron chi connectivity index (χ0n) is 14.9. The van der Waals surface area contributed by atoms with Gasteiger partial charge in [-0.2, -0.15) is 0 Å². The molecule has 0 amide bonds. The predicted octanol–water partition coefficient (Wildman–Crippen LogP) is 5.83. The summed E-state index contributed by atoms with van der Waals surface area (Å²) in [6, 6.07) is 40.3. The van der Waals surface area contributed by atoms with Crippen LogP contribution in [-0.2, 0) is 5.54 Å². The number of aliphatic imine (C=N–C) groups is 1. The van der Waals surface area contributed by atoms with Gasteiger partial charge in [-0.05, 0) is 16.7 Å². The lowest BCUT2D eigenvalue weighted by Gasteiger charge is -2.29. The van der Waals surface area contributed by atoms with Gasteiger partial charge in [0.15, 0.2) is 0 Å². The molecule has 1 heteroatoms. The van der Waals surface area contributed by atoms with Crippen molar-refractivity contribution in [3.63, 3.8) is 0 Å². The van der Waals surface area contributed by atoms with Crippen molar-refractivity contribution in [2.75, 3.05) is 0 Å². The first-order valence-corrected chi connectivity index (χ1v) is 9.26. The van der Waals surface area contributed by atoms with Gasteiger partial charge in [0.1, 0.15) is 5.54 Å². The van der Waals surface area contributed by atoms with Crippen molar-refractivity contribution in [3.8, 4) is 0 Å². The van der Waals surface area contributed by atoms with Crippen LogP contribution in [0.15, 0.2) is 120 Å². The van der Waals surface area contributed by atoms with Crippen LogP contribution in [0.4, 0.5) is 0 Å². The van der Waals surface area contributed by atoms with Gasteiger partial charge in [-0.3, -0.25) is 4.99 Å². The number of rotatable bonds is 3. The Morgan fingerprint density at radius 1 is 0.481 bits per heavy atom. The molecule has 128 valence electrons. The molecule has 0 aromatic heterocycles. The van der Waals surface area contributed by atoms with E-state index in [1.807, 2.05) is 6.07 Å². The zero-order chi connectivity index (χ0) is 18.1. The molecule has 0 aliphatic carbocycles. The van der Waals surface area contributed by atoms with Gasteiger partial charge in [0.2, 0.25) is 0 Å². The van der Waals surface area contributed by atoms with Gasteiger partial charge in [0, 0.05) is 11.1 Å². The third-order valence-electron chi connectivity index (χ3n) is 5.28. The molecule has 27 heavy (non-hydrogen) atoms. The summed E-state index contributed by atoms with van der Waals surface area (Å²) in [7, 11) is 0. The van der Waals surface area contributed by atoms with Gasteiger partial charge >= 0.3 is 0 Å². The van der Waals surface area contributed by atoms with Crippen LogP contribution in [0, 0.1) is 0 Å². The zero-order valence-corrected chi connectivity index (χ0v) is 14.9. The van der Waals surface area contributed by atoms with Crippen molar-refractivity contribution in [1.29, 1.82) is 0 Å². The van der Waals surface area contributed by atoms with Crippen LogP contribution >= 0.6 is 0 Å². The highest BCUT2D eigenvalue weighted by molar-refractivity contribution is 6.16. The monoisotopic (exact) mass is 345 g/mol. The maximum Gasteiger partial charge on any atom is 0.137 e. The van der Waals surface area contributed by atoms with Crippen molar-refractivity contribution >= 4 is 5.71 Å². The molecule has 1 nitrogen and oxygen atoms in total. The Kier molecular flexibility index (Phi) is 3.72. The number of nitrogens with zero attached hydrogens (tertiary/aromatic N) is 1. The molecule has 5 rings (SSSR count). The maximum absolute atomic E-state index is 5.41. The molecule has 0 atom stereocenters. The Hall–Kier alpha value is -3.45. The number of benzene rings is 4. The van der Waals surface area contributed by atoms with E-state index < -0.39 is 5.54 Å². The standard InChI is InChI=1S/C26H19N/c1-4-12-20(13-5-1)25-23-18-10-11-19-24(23)26(27-25,21-14-6-2-7-15-21)22-16-8-3-9-17-22/h1-19H. The van der Waals surface area contributed by atoms with Crippen molar-refractivity contribution < 1.29 is 0 Å². The lowest BCUT2D eigenvalue weighted by atomic mass is 9.77. The van der Waals surface area contributed by atoms with Crippen LogP contribution in [0.3, 0.4) is 0 Å². The predicted molar refractivity (Wildman–Crippen MR) is 111 cm³/mol. The molecule has 0 saturated heterocycles. The molecule has 1 aliphatic heterocycles. The van der Waals surface area contributed by atoms with Crippen molar-refractivity contribution in [3.05, 3.63) is 143 Å². The summed E-state index contributed by atoms with van der Waals surface area (Å²) in [5, 5.41) is 0. The molecule has 0 N–H and O–H groups in total. The van der Waals surface area contributed by atoms with Crippen LogP contribution in [-0.4, -0.2) is 5.71 Å². The Labute approximate surface area is 159 Å². The second-order valence-electron chi connectivity index (χ2n) is 6.81. The lowest BCUT2D eigenvalue weighted by Crippen LogP contribution is -2.25. The fraction of sp³-hybridized carbons (Fsp3) is 0.0385. The van der Waals surface area contributed by atoms with Gasteiger partial charge in [-0.1, -0.05) is 115 Å². The first-order chi connectivity index (χ1) is 13.4. The van der Waals surface area contributed by atoms with E-state index >= 15 is 0 Å². The summed E-state index contributed by atoms with van der Waals surface area (Å²) in [4.78, 5) is 5.41. The first-order valence-electron chi connectivity index (χ1n) is 9.26. The van der Waals surface area contributed by atoms with Crippen LogP contribution in [0.5, 0.6) is 0 Å². The average Bonchev–Trinajstić information content (AvgIpc) is 3.12. The third-order valence-corrected chi connectivity index (χ3v) is 5.28. The normalized spacial score (nSPS) is 14.4. The van der Waals surface area contributed by atoms with E-state index in [0.717, 1.165) is 11.3 Å². The highest BCUT2D eigenvalue weighted by atomic mass is 14.9. The lowest BCUT2D eigenvalue weighted by molar-refractivity contribution is 0.672. The molecule has 1 aliphatic rings. The number of hydrogen-bond donors (Lipinski definition) is 0. The largest absolute Gasteiger partial charge is 0.263 e. The maximum atomic E-state index is 5.41. The van der Waals surface area contributed by atoms with Crippen LogP contribution in [0.2, 0.25) is 0 Å². The minimum Gasteiger partial charge on any atom is -0.263 e. The summed E-state index contributed by atoms with van der Waals surface area (Å²) in [6.45, 7) is 0. The molecule has 4 aromatic rings. The fourth-order valence-electron chi connectivity index (χ4n) is 4.07. The second-order valence-corrected chi connectivity index (χ2v) is 6.81. The summed E-state index contributed by atoms with van der Waals surface area (Å²) in [5.74, 6) is 0. The van der Waals surface area contributed by atoms with Crippen molar-refractivity contribution in [2.24, 2.45) is 4.99 Å². The van der Waals surface area contributed by atoms with Crippen LogP contribution in [0.1, 0.15) is 27.8 Å². The van der Waals surface area contributed by atoms with E-state index in [2.05, 4.69) is 109 Å². The number of fused-ring (bicyclic) bond motifs is 1. The highest BCUT2D eigenvalue weighted by Crippen LogP contribution is 2.47. The smallest absolute Gasteiger partial charge is 0.137 e. The quantitative estimate of drug-likeness (QED) is 0.443. The van der Waals surface area contributed by atoms with Crippen LogP contribution < -0.4 is 0 Å². The van der Waals surface area contributed by atoms with E-state index in [4.69, 9.17) is 4.99 Å². The summed E-state index contributed by atoms with van der Waals surface area (Å²) < 4.78 is 0. The SMILES string of the molecule is c1ccc(C2=NC(c3ccccc3)(c3ccccc3)c3ccccc32)cc1. The molecule has 1 heterocycles. The number of hydrogen-bond acceptors (Lipinski definition) is 1. The third kappa shape index (κ3) is 2.43. The van der Waals surface area contributed by atoms with E-state index in [0.29, 0.717) is 0 Å². The fourth-order valence-corrected chi connectivity index (χ4v) is 4.07. The molecule has 0 spiro atoms. The Bertz CT molecular complexity index is 1060. The van der Waals surface area contributed by atoms with Gasteiger partial charge in [-0.25, -0.2) is 0 Å². The Morgan fingerprint density at radius 2 is 0.963 bits per heavy atom.